The Labute approximate surface area is 225 Å². The van der Waals surface area contributed by atoms with Crippen molar-refractivity contribution in [1.29, 1.82) is 0 Å². The molecule has 3 aromatic carbocycles. The van der Waals surface area contributed by atoms with Gasteiger partial charge >= 0.3 is 0 Å². The Morgan fingerprint density at radius 1 is 1.05 bits per heavy atom. The molecule has 1 aliphatic rings. The standard InChI is InChI=1S/C27H23ClN4O3S2/c1-17-8-10-22(18(2)12-17)30-25(33)16-36-27-29-14-24-26(31-27)21-13-20(28)9-11-23(21)32(37(24,34)35)15-19-6-4-3-5-7-19/h3-14H,15-16H2,1-2H3,(H,30,33). The van der Waals surface area contributed by atoms with Crippen LogP contribution >= 0.6 is 23.4 Å². The van der Waals surface area contributed by atoms with Gasteiger partial charge in [-0.05, 0) is 49.2 Å². The van der Waals surface area contributed by atoms with Crippen molar-refractivity contribution >= 4 is 50.7 Å². The zero-order valence-electron chi connectivity index (χ0n) is 20.1. The summed E-state index contributed by atoms with van der Waals surface area (Å²) in [5.74, 6) is -0.134. The molecule has 2 heterocycles. The van der Waals surface area contributed by atoms with E-state index >= 15 is 0 Å². The number of benzene rings is 3. The van der Waals surface area contributed by atoms with E-state index in [4.69, 9.17) is 11.6 Å². The first-order chi connectivity index (χ1) is 17.7. The number of aryl methyl sites for hydroxylation is 2. The lowest BCUT2D eigenvalue weighted by Gasteiger charge is -2.31. The number of anilines is 2. The number of rotatable bonds is 6. The molecule has 1 amide bonds. The Kier molecular flexibility index (Phi) is 6.94. The predicted octanol–water partition coefficient (Wildman–Crippen LogP) is 5.85. The van der Waals surface area contributed by atoms with Crippen LogP contribution in [0.1, 0.15) is 16.7 Å². The van der Waals surface area contributed by atoms with E-state index in [1.54, 1.807) is 18.2 Å². The molecule has 188 valence electrons. The fourth-order valence-corrected chi connectivity index (χ4v) is 6.51. The maximum Gasteiger partial charge on any atom is 0.268 e. The van der Waals surface area contributed by atoms with Gasteiger partial charge in [-0.1, -0.05) is 71.4 Å². The lowest BCUT2D eigenvalue weighted by molar-refractivity contribution is -0.113. The van der Waals surface area contributed by atoms with Gasteiger partial charge in [0.1, 0.15) is 4.90 Å². The molecule has 0 atom stereocenters. The normalized spacial score (nSPS) is 13.5. The highest BCUT2D eigenvalue weighted by atomic mass is 35.5. The zero-order valence-corrected chi connectivity index (χ0v) is 22.5. The Morgan fingerprint density at radius 3 is 2.59 bits per heavy atom. The molecule has 1 aromatic heterocycles. The second-order valence-electron chi connectivity index (χ2n) is 8.68. The van der Waals surface area contributed by atoms with Crippen molar-refractivity contribution in [3.63, 3.8) is 0 Å². The van der Waals surface area contributed by atoms with E-state index in [0.717, 1.165) is 34.1 Å². The van der Waals surface area contributed by atoms with Crippen molar-refractivity contribution in [2.24, 2.45) is 0 Å². The predicted molar refractivity (Wildman–Crippen MR) is 148 cm³/mol. The maximum absolute atomic E-state index is 13.6. The number of amides is 1. The molecule has 0 saturated carbocycles. The Morgan fingerprint density at radius 2 is 1.84 bits per heavy atom. The van der Waals surface area contributed by atoms with Crippen LogP contribution in [0.2, 0.25) is 5.02 Å². The summed E-state index contributed by atoms with van der Waals surface area (Å²) in [7, 11) is -3.93. The van der Waals surface area contributed by atoms with Crippen LogP contribution < -0.4 is 9.62 Å². The van der Waals surface area contributed by atoms with E-state index < -0.39 is 10.0 Å². The number of fused-ring (bicyclic) bond motifs is 3. The van der Waals surface area contributed by atoms with Gasteiger partial charge in [-0.2, -0.15) is 0 Å². The third kappa shape index (κ3) is 5.20. The molecule has 0 unspecified atom stereocenters. The van der Waals surface area contributed by atoms with Gasteiger partial charge in [0.05, 0.1) is 29.9 Å². The van der Waals surface area contributed by atoms with Crippen LogP contribution in [0.25, 0.3) is 11.3 Å². The lowest BCUT2D eigenvalue weighted by atomic mass is 10.1. The summed E-state index contributed by atoms with van der Waals surface area (Å²) in [6.45, 7) is 4.09. The van der Waals surface area contributed by atoms with Crippen LogP contribution in [0.3, 0.4) is 0 Å². The number of nitrogens with one attached hydrogen (secondary N) is 1. The largest absolute Gasteiger partial charge is 0.325 e. The summed E-state index contributed by atoms with van der Waals surface area (Å²) < 4.78 is 28.6. The van der Waals surface area contributed by atoms with E-state index in [9.17, 15) is 13.2 Å². The molecule has 0 aliphatic carbocycles. The minimum absolute atomic E-state index is 0.00211. The monoisotopic (exact) mass is 550 g/mol. The molecule has 5 rings (SSSR count). The Bertz CT molecular complexity index is 1610. The summed E-state index contributed by atoms with van der Waals surface area (Å²) in [4.78, 5) is 21.4. The van der Waals surface area contributed by atoms with E-state index in [-0.39, 0.29) is 28.8 Å². The van der Waals surface area contributed by atoms with Gasteiger partial charge in [-0.25, -0.2) is 18.4 Å². The highest BCUT2D eigenvalue weighted by Gasteiger charge is 2.37. The zero-order chi connectivity index (χ0) is 26.2. The van der Waals surface area contributed by atoms with Gasteiger partial charge in [0.2, 0.25) is 5.91 Å². The van der Waals surface area contributed by atoms with Gasteiger partial charge in [-0.15, -0.1) is 0 Å². The molecule has 37 heavy (non-hydrogen) atoms. The second-order valence-corrected chi connectivity index (χ2v) is 11.9. The van der Waals surface area contributed by atoms with Crippen molar-refractivity contribution in [2.75, 3.05) is 15.4 Å². The minimum Gasteiger partial charge on any atom is -0.325 e. The van der Waals surface area contributed by atoms with Gasteiger partial charge in [-0.3, -0.25) is 9.10 Å². The number of aromatic nitrogens is 2. The number of carbonyl (C=O) groups excluding carboxylic acids is 1. The first-order valence-electron chi connectivity index (χ1n) is 11.5. The first-order valence-corrected chi connectivity index (χ1v) is 14.3. The summed E-state index contributed by atoms with van der Waals surface area (Å²) in [5.41, 5.74) is 5.04. The fourth-order valence-electron chi connectivity index (χ4n) is 4.16. The minimum atomic E-state index is -3.93. The third-order valence-electron chi connectivity index (χ3n) is 5.94. The molecule has 1 aliphatic heterocycles. The molecule has 7 nitrogen and oxygen atoms in total. The summed E-state index contributed by atoms with van der Waals surface area (Å²) in [5, 5.41) is 3.66. The molecule has 0 bridgehead atoms. The topological polar surface area (TPSA) is 92.3 Å². The highest BCUT2D eigenvalue weighted by Crippen LogP contribution is 2.44. The van der Waals surface area contributed by atoms with Crippen molar-refractivity contribution in [1.82, 2.24) is 9.97 Å². The molecule has 10 heteroatoms. The molecular weight excluding hydrogens is 528 g/mol. The third-order valence-corrected chi connectivity index (χ3v) is 8.80. The quantitative estimate of drug-likeness (QED) is 0.239. The number of hydrogen-bond donors (Lipinski definition) is 1. The Balaban J connectivity index is 1.43. The number of thioether (sulfide) groups is 1. The van der Waals surface area contributed by atoms with Crippen molar-refractivity contribution < 1.29 is 13.2 Å². The molecule has 0 spiro atoms. The number of carbonyl (C=O) groups is 1. The summed E-state index contributed by atoms with van der Waals surface area (Å²) >= 11 is 7.43. The van der Waals surface area contributed by atoms with Gasteiger partial charge < -0.3 is 5.32 Å². The summed E-state index contributed by atoms with van der Waals surface area (Å²) in [6, 6.07) is 20.2. The lowest BCUT2D eigenvalue weighted by Crippen LogP contribution is -2.34. The highest BCUT2D eigenvalue weighted by molar-refractivity contribution is 7.99. The number of sulfonamides is 1. The van der Waals surface area contributed by atoms with E-state index in [0.29, 0.717) is 21.4 Å². The van der Waals surface area contributed by atoms with Crippen molar-refractivity contribution in [3.8, 4) is 11.3 Å². The van der Waals surface area contributed by atoms with Crippen LogP contribution in [0, 0.1) is 13.8 Å². The maximum atomic E-state index is 13.6. The van der Waals surface area contributed by atoms with Gasteiger partial charge in [0, 0.05) is 16.3 Å². The first kappa shape index (κ1) is 25.3. The van der Waals surface area contributed by atoms with Crippen LogP contribution in [-0.4, -0.2) is 30.0 Å². The van der Waals surface area contributed by atoms with Gasteiger partial charge in [0.15, 0.2) is 5.16 Å². The van der Waals surface area contributed by atoms with E-state index in [1.807, 2.05) is 62.4 Å². The Hall–Kier alpha value is -3.40. The average Bonchev–Trinajstić information content (AvgIpc) is 2.88. The number of nitrogens with zero attached hydrogens (tertiary/aromatic N) is 3. The molecule has 4 aromatic rings. The molecule has 0 fully saturated rings. The second kappa shape index (κ2) is 10.2. The SMILES string of the molecule is Cc1ccc(NC(=O)CSc2ncc3c(n2)-c2cc(Cl)ccc2N(Cc2ccccc2)S3(=O)=O)c(C)c1. The van der Waals surface area contributed by atoms with Crippen LogP contribution in [-0.2, 0) is 21.4 Å². The van der Waals surface area contributed by atoms with Crippen LogP contribution in [0.15, 0.2) is 83.0 Å². The van der Waals surface area contributed by atoms with Crippen LogP contribution in [0.4, 0.5) is 11.4 Å². The fraction of sp³-hybridized carbons (Fsp3) is 0.148. The summed E-state index contributed by atoms with van der Waals surface area (Å²) in [6.07, 6.45) is 1.31. The molecular formula is C27H23ClN4O3S2. The molecule has 0 saturated heterocycles. The van der Waals surface area contributed by atoms with Gasteiger partial charge in [0.25, 0.3) is 10.0 Å². The number of halogens is 1. The van der Waals surface area contributed by atoms with Crippen molar-refractivity contribution in [2.45, 2.75) is 30.4 Å². The van der Waals surface area contributed by atoms with E-state index in [2.05, 4.69) is 15.3 Å². The smallest absolute Gasteiger partial charge is 0.268 e. The average molecular weight is 551 g/mol. The van der Waals surface area contributed by atoms with E-state index in [1.165, 1.54) is 10.5 Å². The van der Waals surface area contributed by atoms with Crippen LogP contribution in [0.5, 0.6) is 0 Å². The van der Waals surface area contributed by atoms with Crippen molar-refractivity contribution in [3.05, 3.63) is 94.6 Å². The number of hydrogen-bond acceptors (Lipinski definition) is 6. The molecule has 1 N–H and O–H groups in total. The molecule has 0 radical (unpaired) electrons.